The van der Waals surface area contributed by atoms with E-state index in [0.29, 0.717) is 5.56 Å². The first kappa shape index (κ1) is 16.2. The van der Waals surface area contributed by atoms with Gasteiger partial charge in [-0.05, 0) is 24.6 Å². The molecule has 2 aromatic rings. The highest BCUT2D eigenvalue weighted by Crippen LogP contribution is 2.31. The molecule has 6 nitrogen and oxygen atoms in total. The highest BCUT2D eigenvalue weighted by molar-refractivity contribution is 6.30. The van der Waals surface area contributed by atoms with E-state index < -0.39 is 28.9 Å². The molecule has 24 heavy (non-hydrogen) atoms. The maximum Gasteiger partial charge on any atom is 0.293 e. The number of hydrogen-bond acceptors (Lipinski definition) is 4. The number of benzene rings is 1. The Bertz CT molecular complexity index is 968. The number of halogens is 2. The molecule has 1 aliphatic heterocycles. The molecule has 124 valence electrons. The van der Waals surface area contributed by atoms with Gasteiger partial charge in [0.05, 0.1) is 17.1 Å². The van der Waals surface area contributed by atoms with Gasteiger partial charge >= 0.3 is 0 Å². The number of aromatic hydroxyl groups is 1. The lowest BCUT2D eigenvalue weighted by molar-refractivity contribution is 0.0641. The molecular formula is C16H12ClFN2O4. The average molecular weight is 351 g/mol. The molecule has 2 heterocycles. The molecule has 0 saturated heterocycles. The zero-order valence-electron chi connectivity index (χ0n) is 12.8. The Labute approximate surface area is 140 Å². The molecule has 0 fully saturated rings. The van der Waals surface area contributed by atoms with Crippen molar-refractivity contribution in [2.75, 3.05) is 0 Å². The maximum atomic E-state index is 13.2. The summed E-state index contributed by atoms with van der Waals surface area (Å²) >= 11 is 5.71. The summed E-state index contributed by atoms with van der Waals surface area (Å²) < 4.78 is 14.3. The van der Waals surface area contributed by atoms with Gasteiger partial charge in [0, 0.05) is 12.7 Å². The Morgan fingerprint density at radius 2 is 1.79 bits per heavy atom. The van der Waals surface area contributed by atoms with Crippen molar-refractivity contribution in [3.05, 3.63) is 61.8 Å². The monoisotopic (exact) mass is 350 g/mol. The lowest BCUT2D eigenvalue weighted by Crippen LogP contribution is -2.29. The normalized spacial score (nSPS) is 13.6. The number of carbonyl (C=O) groups excluding carboxylic acids is 2. The van der Waals surface area contributed by atoms with E-state index in [1.54, 1.807) is 0 Å². The predicted molar refractivity (Wildman–Crippen MR) is 83.7 cm³/mol. The van der Waals surface area contributed by atoms with E-state index >= 15 is 0 Å². The number of fused-ring (bicyclic) bond motifs is 1. The number of imide groups is 1. The van der Waals surface area contributed by atoms with Crippen LogP contribution in [0.3, 0.4) is 0 Å². The number of pyridine rings is 1. The third-order valence-corrected chi connectivity index (χ3v) is 4.39. The van der Waals surface area contributed by atoms with Crippen LogP contribution in [-0.2, 0) is 13.6 Å². The van der Waals surface area contributed by atoms with Crippen LogP contribution in [0, 0.1) is 12.7 Å². The van der Waals surface area contributed by atoms with Gasteiger partial charge in [0.15, 0.2) is 5.75 Å². The number of amides is 2. The molecule has 0 unspecified atom stereocenters. The van der Waals surface area contributed by atoms with Crippen molar-refractivity contribution in [2.24, 2.45) is 7.05 Å². The molecular weight excluding hydrogens is 339 g/mol. The summed E-state index contributed by atoms with van der Waals surface area (Å²) in [5, 5.41) is 9.84. The van der Waals surface area contributed by atoms with E-state index in [-0.39, 0.29) is 28.4 Å². The van der Waals surface area contributed by atoms with Crippen LogP contribution in [0.5, 0.6) is 5.75 Å². The summed E-state index contributed by atoms with van der Waals surface area (Å²) in [4.78, 5) is 37.9. The summed E-state index contributed by atoms with van der Waals surface area (Å²) in [6.07, 6.45) is 0. The lowest BCUT2D eigenvalue weighted by atomic mass is 10.1. The van der Waals surface area contributed by atoms with Crippen molar-refractivity contribution in [1.29, 1.82) is 0 Å². The Morgan fingerprint density at radius 1 is 1.17 bits per heavy atom. The standard InChI is InChI=1S/C16H12ClFN2O4/c1-7-11-12(13(21)16(24)19(7)2)15(23)20(14(11)22)6-8-3-4-10(18)9(17)5-8/h3-5,21H,6H2,1-2H3. The molecule has 0 bridgehead atoms. The topological polar surface area (TPSA) is 79.6 Å². The summed E-state index contributed by atoms with van der Waals surface area (Å²) in [7, 11) is 1.40. The van der Waals surface area contributed by atoms with E-state index in [4.69, 9.17) is 11.6 Å². The molecule has 1 N–H and O–H groups in total. The molecule has 0 radical (unpaired) electrons. The van der Waals surface area contributed by atoms with E-state index in [1.807, 2.05) is 0 Å². The second-order valence-corrected chi connectivity index (χ2v) is 5.90. The summed E-state index contributed by atoms with van der Waals surface area (Å²) in [6, 6.07) is 3.84. The fourth-order valence-corrected chi connectivity index (χ4v) is 2.88. The molecule has 1 aromatic carbocycles. The van der Waals surface area contributed by atoms with Crippen molar-refractivity contribution in [1.82, 2.24) is 9.47 Å². The van der Waals surface area contributed by atoms with Crippen LogP contribution in [0.15, 0.2) is 23.0 Å². The van der Waals surface area contributed by atoms with Gasteiger partial charge in [-0.25, -0.2) is 4.39 Å². The summed E-state index contributed by atoms with van der Waals surface area (Å²) in [5.41, 5.74) is -0.328. The summed E-state index contributed by atoms with van der Waals surface area (Å²) in [5.74, 6) is -2.76. The van der Waals surface area contributed by atoms with Crippen molar-refractivity contribution in [3.63, 3.8) is 0 Å². The fraction of sp³-hybridized carbons (Fsp3) is 0.188. The van der Waals surface area contributed by atoms with Crippen molar-refractivity contribution >= 4 is 23.4 Å². The molecule has 2 amide bonds. The van der Waals surface area contributed by atoms with Gasteiger partial charge in [-0.2, -0.15) is 0 Å². The van der Waals surface area contributed by atoms with Gasteiger partial charge in [-0.3, -0.25) is 19.3 Å². The van der Waals surface area contributed by atoms with Gasteiger partial charge in [0.1, 0.15) is 11.4 Å². The minimum atomic E-state index is -0.770. The highest BCUT2D eigenvalue weighted by atomic mass is 35.5. The zero-order chi connectivity index (χ0) is 17.8. The van der Waals surface area contributed by atoms with E-state index in [0.717, 1.165) is 15.5 Å². The van der Waals surface area contributed by atoms with Gasteiger partial charge in [-0.1, -0.05) is 17.7 Å². The first-order valence-corrected chi connectivity index (χ1v) is 7.34. The van der Waals surface area contributed by atoms with Crippen LogP contribution < -0.4 is 5.56 Å². The average Bonchev–Trinajstić information content (AvgIpc) is 2.79. The molecule has 1 aromatic heterocycles. The molecule has 8 heteroatoms. The second kappa shape index (κ2) is 5.45. The smallest absolute Gasteiger partial charge is 0.293 e. The maximum absolute atomic E-state index is 13.2. The number of hydrogen-bond donors (Lipinski definition) is 1. The number of nitrogens with zero attached hydrogens (tertiary/aromatic N) is 2. The number of rotatable bonds is 2. The fourth-order valence-electron chi connectivity index (χ4n) is 2.68. The second-order valence-electron chi connectivity index (χ2n) is 5.49. The molecule has 0 spiro atoms. The zero-order valence-corrected chi connectivity index (χ0v) is 13.5. The Hall–Kier alpha value is -2.67. The molecule has 0 atom stereocenters. The SMILES string of the molecule is Cc1c2c(c(O)c(=O)n1C)C(=O)N(Cc1ccc(F)c(Cl)c1)C2=O. The predicted octanol–water partition coefficient (Wildman–Crippen LogP) is 1.99. The van der Waals surface area contributed by atoms with E-state index in [1.165, 1.54) is 26.1 Å². The summed E-state index contributed by atoms with van der Waals surface area (Å²) in [6.45, 7) is 1.37. The minimum Gasteiger partial charge on any atom is -0.502 e. The van der Waals surface area contributed by atoms with Gasteiger partial charge in [-0.15, -0.1) is 0 Å². The Morgan fingerprint density at radius 3 is 2.42 bits per heavy atom. The first-order valence-electron chi connectivity index (χ1n) is 6.96. The van der Waals surface area contributed by atoms with Crippen molar-refractivity contribution < 1.29 is 19.1 Å². The Balaban J connectivity index is 2.07. The number of aromatic nitrogens is 1. The molecule has 0 saturated carbocycles. The van der Waals surface area contributed by atoms with Crippen LogP contribution in [0.2, 0.25) is 5.02 Å². The highest BCUT2D eigenvalue weighted by Gasteiger charge is 2.41. The van der Waals surface area contributed by atoms with Crippen molar-refractivity contribution in [2.45, 2.75) is 13.5 Å². The molecule has 0 aliphatic carbocycles. The quantitative estimate of drug-likeness (QED) is 0.840. The van der Waals surface area contributed by atoms with Crippen molar-refractivity contribution in [3.8, 4) is 5.75 Å². The van der Waals surface area contributed by atoms with Gasteiger partial charge < -0.3 is 9.67 Å². The largest absolute Gasteiger partial charge is 0.502 e. The van der Waals surface area contributed by atoms with Crippen LogP contribution in [0.1, 0.15) is 32.0 Å². The first-order chi connectivity index (χ1) is 11.2. The van der Waals surface area contributed by atoms with Crippen LogP contribution in [0.4, 0.5) is 4.39 Å². The molecule has 3 rings (SSSR count). The number of carbonyl (C=O) groups is 2. The third-order valence-electron chi connectivity index (χ3n) is 4.10. The minimum absolute atomic E-state index is 0.00666. The lowest BCUT2D eigenvalue weighted by Gasteiger charge is -2.14. The third kappa shape index (κ3) is 2.20. The van der Waals surface area contributed by atoms with E-state index in [2.05, 4.69) is 0 Å². The molecule has 1 aliphatic rings. The van der Waals surface area contributed by atoms with Crippen LogP contribution in [0.25, 0.3) is 0 Å². The van der Waals surface area contributed by atoms with Gasteiger partial charge in [0.25, 0.3) is 17.4 Å². The Kier molecular flexibility index (Phi) is 3.68. The van der Waals surface area contributed by atoms with Crippen LogP contribution in [-0.4, -0.2) is 26.4 Å². The van der Waals surface area contributed by atoms with Crippen LogP contribution >= 0.6 is 11.6 Å². The van der Waals surface area contributed by atoms with Gasteiger partial charge in [0.2, 0.25) is 0 Å². The van der Waals surface area contributed by atoms with E-state index in [9.17, 15) is 23.9 Å².